The average Bonchev–Trinajstić information content (AvgIpc) is 2.09. The van der Waals surface area contributed by atoms with E-state index in [0.717, 1.165) is 0 Å². The van der Waals surface area contributed by atoms with E-state index in [0.29, 0.717) is 24.8 Å². The summed E-state index contributed by atoms with van der Waals surface area (Å²) in [5.41, 5.74) is 0.674. The minimum Gasteiger partial charge on any atom is -0.291 e. The molecule has 0 saturated heterocycles. The topological polar surface area (TPSA) is 17.1 Å². The Morgan fingerprint density at radius 1 is 1.33 bits per heavy atom. The summed E-state index contributed by atoms with van der Waals surface area (Å²) < 4.78 is 12.9. The molecule has 0 aromatic heterocycles. The van der Waals surface area contributed by atoms with E-state index in [1.165, 1.54) is 6.07 Å². The molecule has 0 aliphatic carbocycles. The van der Waals surface area contributed by atoms with Gasteiger partial charge in [0.15, 0.2) is 6.29 Å². The second-order valence-corrected chi connectivity index (χ2v) is 2.59. The van der Waals surface area contributed by atoms with Crippen molar-refractivity contribution < 1.29 is 9.18 Å². The quantitative estimate of drug-likeness (QED) is 0.625. The van der Waals surface area contributed by atoms with Gasteiger partial charge >= 0.3 is 0 Å². The zero-order chi connectivity index (χ0) is 8.81. The van der Waals surface area contributed by atoms with E-state index in [1.807, 2.05) is 0 Å². The lowest BCUT2D eigenvalue weighted by atomic mass is 10.1. The summed E-state index contributed by atoms with van der Waals surface area (Å²) in [5.74, 6) is -0.191. The molecule has 1 radical (unpaired) electrons. The van der Waals surface area contributed by atoms with E-state index in [-0.39, 0.29) is 5.82 Å². The van der Waals surface area contributed by atoms with E-state index >= 15 is 0 Å². The van der Waals surface area contributed by atoms with Gasteiger partial charge < -0.3 is 0 Å². The molecule has 2 heteroatoms. The maximum atomic E-state index is 12.9. The Morgan fingerprint density at radius 3 is 2.75 bits per heavy atom. The van der Waals surface area contributed by atoms with Gasteiger partial charge in [0.1, 0.15) is 5.82 Å². The van der Waals surface area contributed by atoms with Crippen molar-refractivity contribution in [3.05, 3.63) is 35.6 Å². The van der Waals surface area contributed by atoms with Crippen LogP contribution in [0.4, 0.5) is 4.39 Å². The molecule has 1 nitrogen and oxygen atoms in total. The third-order valence-corrected chi connectivity index (χ3v) is 1.68. The van der Waals surface area contributed by atoms with Crippen LogP contribution in [0.15, 0.2) is 24.3 Å². The molecule has 1 aromatic carbocycles. The molecule has 0 amide bonds. The molecule has 0 bridgehead atoms. The summed E-state index contributed by atoms with van der Waals surface area (Å²) in [6.07, 6.45) is 3.45. The Bertz CT molecular complexity index is 258. The van der Waals surface area contributed by atoms with Crippen LogP contribution in [-0.2, 0) is 11.2 Å². The highest BCUT2D eigenvalue weighted by Crippen LogP contribution is 2.09. The molecular weight excluding hydrogens is 155 g/mol. The predicted octanol–water partition coefficient (Wildman–Crippen LogP) is 2.26. The first kappa shape index (κ1) is 8.91. The van der Waals surface area contributed by atoms with Crippen molar-refractivity contribution in [2.75, 3.05) is 0 Å². The number of rotatable bonds is 4. The lowest BCUT2D eigenvalue weighted by Crippen LogP contribution is -1.90. The van der Waals surface area contributed by atoms with Crippen molar-refractivity contribution in [3.63, 3.8) is 0 Å². The maximum Gasteiger partial charge on any atom is 0.198 e. The first-order valence-electron chi connectivity index (χ1n) is 3.93. The van der Waals surface area contributed by atoms with Crippen molar-refractivity contribution in [2.24, 2.45) is 0 Å². The van der Waals surface area contributed by atoms with E-state index in [1.54, 1.807) is 24.5 Å². The van der Waals surface area contributed by atoms with Gasteiger partial charge in [0.05, 0.1) is 0 Å². The van der Waals surface area contributed by atoms with Crippen molar-refractivity contribution in [2.45, 2.75) is 19.3 Å². The predicted molar refractivity (Wildman–Crippen MR) is 45.0 cm³/mol. The summed E-state index contributed by atoms with van der Waals surface area (Å²) in [6.45, 7) is 0. The first-order valence-corrected chi connectivity index (χ1v) is 3.93. The molecule has 0 unspecified atom stereocenters. The Morgan fingerprint density at radius 2 is 2.08 bits per heavy atom. The van der Waals surface area contributed by atoms with Crippen LogP contribution < -0.4 is 0 Å². The van der Waals surface area contributed by atoms with Crippen LogP contribution in [0, 0.1) is 5.82 Å². The molecule has 0 heterocycles. The van der Waals surface area contributed by atoms with Gasteiger partial charge in [-0.1, -0.05) is 18.2 Å². The highest BCUT2D eigenvalue weighted by molar-refractivity contribution is 5.50. The van der Waals surface area contributed by atoms with Crippen molar-refractivity contribution in [1.29, 1.82) is 0 Å². The van der Waals surface area contributed by atoms with Crippen molar-refractivity contribution in [1.82, 2.24) is 0 Å². The summed E-state index contributed by atoms with van der Waals surface area (Å²) >= 11 is 0. The summed E-state index contributed by atoms with van der Waals surface area (Å²) in [5, 5.41) is 0. The van der Waals surface area contributed by atoms with Crippen LogP contribution >= 0.6 is 0 Å². The molecule has 1 rings (SSSR count). The number of carbonyl (C=O) groups excluding carboxylic acids is 1. The minimum atomic E-state index is -0.191. The monoisotopic (exact) mass is 165 g/mol. The standard InChI is InChI=1S/C10H10FO/c11-10-7-2-1-5-9(10)6-3-4-8-12/h1-2,5,7H,3-4,6H2. The molecule has 0 fully saturated rings. The SMILES string of the molecule is O=[C]CCCc1ccccc1F. The van der Waals surface area contributed by atoms with Gasteiger partial charge in [0.25, 0.3) is 0 Å². The van der Waals surface area contributed by atoms with E-state index in [2.05, 4.69) is 0 Å². The van der Waals surface area contributed by atoms with E-state index in [9.17, 15) is 9.18 Å². The fourth-order valence-corrected chi connectivity index (χ4v) is 1.05. The molecule has 0 aliphatic heterocycles. The Hall–Kier alpha value is -1.18. The highest BCUT2D eigenvalue weighted by Gasteiger charge is 1.98. The summed E-state index contributed by atoms with van der Waals surface area (Å²) in [7, 11) is 0. The maximum absolute atomic E-state index is 12.9. The fourth-order valence-electron chi connectivity index (χ4n) is 1.05. The van der Waals surface area contributed by atoms with Crippen LogP contribution in [0.1, 0.15) is 18.4 Å². The van der Waals surface area contributed by atoms with Gasteiger partial charge in [-0.3, -0.25) is 4.79 Å². The molecule has 12 heavy (non-hydrogen) atoms. The molecule has 0 N–H and O–H groups in total. The average molecular weight is 165 g/mol. The van der Waals surface area contributed by atoms with Crippen LogP contribution in [0.5, 0.6) is 0 Å². The molecule has 0 saturated carbocycles. The van der Waals surface area contributed by atoms with Gasteiger partial charge in [0, 0.05) is 6.42 Å². The Kier molecular flexibility index (Phi) is 3.45. The number of aryl methyl sites for hydroxylation is 1. The smallest absolute Gasteiger partial charge is 0.198 e. The van der Waals surface area contributed by atoms with Crippen LogP contribution in [-0.4, -0.2) is 6.29 Å². The van der Waals surface area contributed by atoms with Gasteiger partial charge in [0.2, 0.25) is 0 Å². The summed E-state index contributed by atoms with van der Waals surface area (Å²) in [4.78, 5) is 9.86. The van der Waals surface area contributed by atoms with Crippen molar-refractivity contribution in [3.8, 4) is 0 Å². The first-order chi connectivity index (χ1) is 5.84. The van der Waals surface area contributed by atoms with Crippen LogP contribution in [0.25, 0.3) is 0 Å². The second kappa shape index (κ2) is 4.65. The lowest BCUT2D eigenvalue weighted by molar-refractivity contribution is 0.547. The number of halogens is 1. The van der Waals surface area contributed by atoms with Crippen molar-refractivity contribution >= 4 is 6.29 Å². The molecule has 0 aliphatic rings. The number of unbranched alkanes of at least 4 members (excludes halogenated alkanes) is 1. The van der Waals surface area contributed by atoms with Gasteiger partial charge in [-0.05, 0) is 24.5 Å². The Balaban J connectivity index is 2.51. The minimum absolute atomic E-state index is 0.191. The number of hydrogen-bond donors (Lipinski definition) is 0. The third-order valence-electron chi connectivity index (χ3n) is 1.68. The highest BCUT2D eigenvalue weighted by atomic mass is 19.1. The van der Waals surface area contributed by atoms with E-state index < -0.39 is 0 Å². The van der Waals surface area contributed by atoms with Crippen LogP contribution in [0.2, 0.25) is 0 Å². The van der Waals surface area contributed by atoms with Gasteiger partial charge in [-0.25, -0.2) is 4.39 Å². The van der Waals surface area contributed by atoms with Gasteiger partial charge in [-0.2, -0.15) is 0 Å². The van der Waals surface area contributed by atoms with Crippen LogP contribution in [0.3, 0.4) is 0 Å². The third kappa shape index (κ3) is 2.46. The lowest BCUT2D eigenvalue weighted by Gasteiger charge is -1.99. The van der Waals surface area contributed by atoms with Gasteiger partial charge in [-0.15, -0.1) is 0 Å². The molecule has 0 atom stereocenters. The zero-order valence-electron chi connectivity index (χ0n) is 6.72. The zero-order valence-corrected chi connectivity index (χ0v) is 6.72. The second-order valence-electron chi connectivity index (χ2n) is 2.59. The Labute approximate surface area is 71.2 Å². The number of benzene rings is 1. The molecule has 0 spiro atoms. The largest absolute Gasteiger partial charge is 0.291 e. The van der Waals surface area contributed by atoms with E-state index in [4.69, 9.17) is 0 Å². The fraction of sp³-hybridized carbons (Fsp3) is 0.300. The molecule has 1 aromatic rings. The summed E-state index contributed by atoms with van der Waals surface area (Å²) in [6, 6.07) is 6.62. The number of hydrogen-bond acceptors (Lipinski definition) is 1. The molecule has 63 valence electrons. The molecular formula is C10H10FO. The normalized spacial score (nSPS) is 9.75.